The second kappa shape index (κ2) is 12.1. The number of furan rings is 1. The number of nitrogens with one attached hydrogen (secondary N) is 2. The van der Waals surface area contributed by atoms with Crippen LogP contribution >= 0.6 is 0 Å². The third kappa shape index (κ3) is 5.25. The Kier molecular flexibility index (Phi) is 7.00. The van der Waals surface area contributed by atoms with Gasteiger partial charge in [0.1, 0.15) is 29.3 Å². The monoisotopic (exact) mass is 655 g/mol. The highest BCUT2D eigenvalue weighted by Gasteiger charge is 2.30. The van der Waals surface area contributed by atoms with Crippen LogP contribution in [0.15, 0.2) is 185 Å². The maximum absolute atomic E-state index is 6.44. The van der Waals surface area contributed by atoms with Crippen molar-refractivity contribution in [3.8, 4) is 22.3 Å². The maximum atomic E-state index is 6.44. The minimum Gasteiger partial charge on any atom is -0.456 e. The number of hydrogen-bond donors (Lipinski definition) is 2. The summed E-state index contributed by atoms with van der Waals surface area (Å²) in [6.07, 6.45) is -0.588. The second-order valence-corrected chi connectivity index (χ2v) is 13.2. The molecule has 4 heteroatoms. The summed E-state index contributed by atoms with van der Waals surface area (Å²) in [5.74, 6) is 0.844. The van der Waals surface area contributed by atoms with Gasteiger partial charge in [-0.15, -0.1) is 0 Å². The zero-order valence-corrected chi connectivity index (χ0v) is 27.8. The van der Waals surface area contributed by atoms with Gasteiger partial charge in [-0.05, 0) is 73.6 Å². The summed E-state index contributed by atoms with van der Waals surface area (Å²) >= 11 is 0. The van der Waals surface area contributed by atoms with E-state index in [0.29, 0.717) is 0 Å². The molecule has 0 radical (unpaired) electrons. The summed E-state index contributed by atoms with van der Waals surface area (Å²) in [5, 5.41) is 14.8. The Morgan fingerprint density at radius 2 is 1.10 bits per heavy atom. The first-order chi connectivity index (χ1) is 25.2. The first kappa shape index (κ1) is 29.4. The van der Waals surface area contributed by atoms with Gasteiger partial charge in [0.15, 0.2) is 0 Å². The van der Waals surface area contributed by atoms with E-state index in [0.717, 1.165) is 55.6 Å². The molecule has 0 fully saturated rings. The van der Waals surface area contributed by atoms with E-state index < -0.39 is 0 Å². The summed E-state index contributed by atoms with van der Waals surface area (Å²) < 4.78 is 6.44. The van der Waals surface area contributed by atoms with Gasteiger partial charge in [0.05, 0.1) is 0 Å². The summed E-state index contributed by atoms with van der Waals surface area (Å²) in [6.45, 7) is 0. The summed E-state index contributed by atoms with van der Waals surface area (Å²) in [4.78, 5) is 5.35. The molecule has 2 unspecified atom stereocenters. The number of fused-ring (bicyclic) bond motifs is 5. The highest BCUT2D eigenvalue weighted by molar-refractivity contribution is 6.10. The number of amidine groups is 1. The van der Waals surface area contributed by atoms with Crippen LogP contribution in [-0.2, 0) is 0 Å². The molecule has 2 N–H and O–H groups in total. The van der Waals surface area contributed by atoms with Crippen LogP contribution in [0.3, 0.4) is 0 Å². The number of para-hydroxylation sites is 1. The van der Waals surface area contributed by atoms with Crippen molar-refractivity contribution < 1.29 is 4.42 Å². The molecule has 0 bridgehead atoms. The maximum Gasteiger partial charge on any atom is 0.135 e. The van der Waals surface area contributed by atoms with E-state index in [1.165, 1.54) is 32.7 Å². The van der Waals surface area contributed by atoms with Crippen molar-refractivity contribution >= 4 is 49.3 Å². The lowest BCUT2D eigenvalue weighted by Gasteiger charge is -2.33. The Morgan fingerprint density at radius 1 is 0.471 bits per heavy atom. The van der Waals surface area contributed by atoms with E-state index in [9.17, 15) is 0 Å². The van der Waals surface area contributed by atoms with Gasteiger partial charge in [-0.25, -0.2) is 4.99 Å². The molecule has 242 valence electrons. The van der Waals surface area contributed by atoms with Gasteiger partial charge < -0.3 is 9.73 Å². The smallest absolute Gasteiger partial charge is 0.135 e. The normalized spacial score (nSPS) is 16.0. The third-order valence-electron chi connectivity index (χ3n) is 10.2. The zero-order chi connectivity index (χ0) is 33.7. The van der Waals surface area contributed by atoms with Crippen molar-refractivity contribution in [1.82, 2.24) is 10.6 Å². The van der Waals surface area contributed by atoms with Crippen molar-refractivity contribution in [3.05, 3.63) is 193 Å². The van der Waals surface area contributed by atoms with Gasteiger partial charge in [0.25, 0.3) is 0 Å². The molecule has 51 heavy (non-hydrogen) atoms. The average Bonchev–Trinajstić information content (AvgIpc) is 3.59. The first-order valence-corrected chi connectivity index (χ1v) is 17.4. The van der Waals surface area contributed by atoms with Crippen LogP contribution in [0.4, 0.5) is 0 Å². The Labute approximate surface area is 295 Å². The number of hydrogen-bond acceptors (Lipinski definition) is 4. The van der Waals surface area contributed by atoms with Crippen molar-refractivity contribution in [2.45, 2.75) is 12.3 Å². The van der Waals surface area contributed by atoms with Crippen LogP contribution in [0, 0.1) is 0 Å². The van der Waals surface area contributed by atoms with Crippen LogP contribution in [0.1, 0.15) is 29.0 Å². The van der Waals surface area contributed by atoms with Crippen molar-refractivity contribution in [2.24, 2.45) is 4.99 Å². The van der Waals surface area contributed by atoms with E-state index in [4.69, 9.17) is 9.41 Å². The molecule has 0 aliphatic carbocycles. The molecule has 1 aromatic heterocycles. The van der Waals surface area contributed by atoms with Crippen molar-refractivity contribution in [2.75, 3.05) is 0 Å². The Morgan fingerprint density at radius 3 is 1.86 bits per heavy atom. The standard InChI is InChI=1S/C47H33N3O/c1-2-12-33(13-3-1)39-26-27-42-43(40-16-8-9-17-41(40)51-42)44(39)47-49-45(48-46(50-47)38-25-21-31-11-5-7-15-36(31)29-38)34-22-18-32(19-23-34)37-24-20-30-10-4-6-14-35(30)28-37/h1-29,45,47,49H,(H,48,50). The molecule has 4 nitrogen and oxygen atoms in total. The number of nitrogens with zero attached hydrogens (tertiary/aromatic N) is 1. The van der Waals surface area contributed by atoms with Gasteiger partial charge in [-0.2, -0.15) is 0 Å². The average molecular weight is 656 g/mol. The minimum atomic E-state index is -0.305. The van der Waals surface area contributed by atoms with E-state index in [-0.39, 0.29) is 12.3 Å². The van der Waals surface area contributed by atoms with Gasteiger partial charge in [-0.3, -0.25) is 5.32 Å². The largest absolute Gasteiger partial charge is 0.456 e. The third-order valence-corrected chi connectivity index (χ3v) is 10.2. The van der Waals surface area contributed by atoms with Gasteiger partial charge in [0.2, 0.25) is 0 Å². The molecule has 0 amide bonds. The van der Waals surface area contributed by atoms with Crippen LogP contribution in [0.2, 0.25) is 0 Å². The lowest BCUT2D eigenvalue weighted by molar-refractivity contribution is 0.411. The lowest BCUT2D eigenvalue weighted by atomic mass is 9.92. The summed E-state index contributed by atoms with van der Waals surface area (Å²) in [6, 6.07) is 62.3. The fraction of sp³-hybridized carbons (Fsp3) is 0.0426. The van der Waals surface area contributed by atoms with E-state index in [1.54, 1.807) is 0 Å². The molecule has 1 aliphatic rings. The van der Waals surface area contributed by atoms with E-state index in [1.807, 2.05) is 12.1 Å². The molecule has 2 atom stereocenters. The highest BCUT2D eigenvalue weighted by Crippen LogP contribution is 2.41. The molecule has 9 aromatic rings. The van der Waals surface area contributed by atoms with E-state index >= 15 is 0 Å². The molecule has 0 spiro atoms. The second-order valence-electron chi connectivity index (χ2n) is 13.2. The molecular weight excluding hydrogens is 623 g/mol. The Balaban J connectivity index is 1.13. The number of aliphatic imine (C=N–C) groups is 1. The first-order valence-electron chi connectivity index (χ1n) is 17.4. The van der Waals surface area contributed by atoms with Gasteiger partial charge in [-0.1, -0.05) is 152 Å². The Hall–Kier alpha value is -6.49. The van der Waals surface area contributed by atoms with Crippen LogP contribution < -0.4 is 10.6 Å². The SMILES string of the molecule is c1ccc(-c2ccc3oc4ccccc4c3c2C2NC(c3ccc4ccccc4c3)=NC(c3ccc(-c4ccc5ccccc5c4)cc3)N2)cc1. The predicted molar refractivity (Wildman–Crippen MR) is 211 cm³/mol. The molecule has 1 aliphatic heterocycles. The molecule has 0 saturated carbocycles. The fourth-order valence-electron chi connectivity index (χ4n) is 7.60. The topological polar surface area (TPSA) is 49.6 Å². The summed E-state index contributed by atoms with van der Waals surface area (Å²) in [5.41, 5.74) is 9.67. The predicted octanol–water partition coefficient (Wildman–Crippen LogP) is 11.6. The highest BCUT2D eigenvalue weighted by atomic mass is 16.3. The number of benzene rings is 8. The van der Waals surface area contributed by atoms with E-state index in [2.05, 4.69) is 174 Å². The molecule has 10 rings (SSSR count). The van der Waals surface area contributed by atoms with Gasteiger partial charge in [0, 0.05) is 21.9 Å². The molecule has 2 heterocycles. The molecular formula is C47H33N3O. The zero-order valence-electron chi connectivity index (χ0n) is 27.8. The lowest BCUT2D eigenvalue weighted by Crippen LogP contribution is -2.45. The van der Waals surface area contributed by atoms with Crippen molar-refractivity contribution in [1.29, 1.82) is 0 Å². The van der Waals surface area contributed by atoms with Gasteiger partial charge >= 0.3 is 0 Å². The minimum absolute atomic E-state index is 0.283. The quantitative estimate of drug-likeness (QED) is 0.194. The number of rotatable bonds is 5. The van der Waals surface area contributed by atoms with Crippen molar-refractivity contribution in [3.63, 3.8) is 0 Å². The summed E-state index contributed by atoms with van der Waals surface area (Å²) in [7, 11) is 0. The fourth-order valence-corrected chi connectivity index (χ4v) is 7.60. The van der Waals surface area contributed by atoms with Crippen LogP contribution in [0.5, 0.6) is 0 Å². The Bertz CT molecular complexity index is 2760. The van der Waals surface area contributed by atoms with Crippen LogP contribution in [-0.4, -0.2) is 5.84 Å². The van der Waals surface area contributed by atoms with Crippen LogP contribution in [0.25, 0.3) is 65.7 Å². The molecule has 0 saturated heterocycles. The molecule has 8 aromatic carbocycles.